The van der Waals surface area contributed by atoms with Crippen LogP contribution in [0.25, 0.3) is 0 Å². The van der Waals surface area contributed by atoms with Gasteiger partial charge in [-0.25, -0.2) is 0 Å². The van der Waals surface area contributed by atoms with Crippen LogP contribution < -0.4 is 5.32 Å². The molecule has 0 bridgehead atoms. The fourth-order valence-corrected chi connectivity index (χ4v) is 1.30. The van der Waals surface area contributed by atoms with Crippen molar-refractivity contribution in [3.8, 4) is 0 Å². The van der Waals surface area contributed by atoms with Crippen LogP contribution in [-0.4, -0.2) is 18.9 Å². The number of nitrogens with one attached hydrogen (secondary N) is 1. The molecule has 1 rings (SSSR count). The van der Waals surface area contributed by atoms with Crippen molar-refractivity contribution in [2.75, 3.05) is 7.05 Å². The Kier molecular flexibility index (Phi) is 2.44. The van der Waals surface area contributed by atoms with E-state index in [2.05, 4.69) is 5.32 Å². The van der Waals surface area contributed by atoms with Crippen LogP contribution in [0.1, 0.15) is 32.1 Å². The van der Waals surface area contributed by atoms with Gasteiger partial charge in [0.2, 0.25) is 0 Å². The number of carbonyl (C=O) groups excluding carboxylic acids is 1. The highest BCUT2D eigenvalue weighted by Crippen LogP contribution is 2.39. The monoisotopic (exact) mass is 141 g/mol. The highest BCUT2D eigenvalue weighted by Gasteiger charge is 2.39. The van der Waals surface area contributed by atoms with Gasteiger partial charge in [0.1, 0.15) is 6.29 Å². The van der Waals surface area contributed by atoms with Crippen LogP contribution in [0.5, 0.6) is 0 Å². The molecule has 0 radical (unpaired) electrons. The first kappa shape index (κ1) is 7.73. The van der Waals surface area contributed by atoms with Crippen LogP contribution in [0.3, 0.4) is 0 Å². The van der Waals surface area contributed by atoms with Gasteiger partial charge in [-0.15, -0.1) is 0 Å². The van der Waals surface area contributed by atoms with Crippen molar-refractivity contribution in [1.29, 1.82) is 0 Å². The number of rotatable bonds is 5. The molecule has 1 fully saturated rings. The van der Waals surface area contributed by atoms with Crippen molar-refractivity contribution in [2.24, 2.45) is 0 Å². The summed E-state index contributed by atoms with van der Waals surface area (Å²) < 4.78 is 0. The fraction of sp³-hybridized carbons (Fsp3) is 0.875. The molecule has 0 amide bonds. The molecular formula is C8H15NO. The van der Waals surface area contributed by atoms with Gasteiger partial charge in [-0.05, 0) is 32.7 Å². The van der Waals surface area contributed by atoms with Gasteiger partial charge in [-0.1, -0.05) is 0 Å². The Balaban J connectivity index is 2.06. The summed E-state index contributed by atoms with van der Waals surface area (Å²) in [6, 6.07) is 0. The average Bonchev–Trinajstić information content (AvgIpc) is 2.70. The van der Waals surface area contributed by atoms with Crippen LogP contribution in [0.15, 0.2) is 0 Å². The molecule has 0 aromatic rings. The molecule has 1 N–H and O–H groups in total. The topological polar surface area (TPSA) is 29.1 Å². The molecule has 2 nitrogen and oxygen atoms in total. The Morgan fingerprint density at radius 1 is 1.60 bits per heavy atom. The van der Waals surface area contributed by atoms with E-state index in [1.54, 1.807) is 0 Å². The second-order valence-corrected chi connectivity index (χ2v) is 3.09. The first-order chi connectivity index (χ1) is 4.83. The van der Waals surface area contributed by atoms with Crippen molar-refractivity contribution in [3.63, 3.8) is 0 Å². The quantitative estimate of drug-likeness (QED) is 0.459. The number of hydrogen-bond donors (Lipinski definition) is 1. The van der Waals surface area contributed by atoms with Crippen molar-refractivity contribution in [1.82, 2.24) is 5.32 Å². The lowest BCUT2D eigenvalue weighted by atomic mass is 10.1. The third-order valence-electron chi connectivity index (χ3n) is 2.36. The maximum Gasteiger partial charge on any atom is 0.119 e. The zero-order valence-corrected chi connectivity index (χ0v) is 6.52. The molecule has 10 heavy (non-hydrogen) atoms. The summed E-state index contributed by atoms with van der Waals surface area (Å²) in [5, 5.41) is 3.30. The Bertz CT molecular complexity index is 118. The molecule has 0 spiro atoms. The van der Waals surface area contributed by atoms with E-state index in [4.69, 9.17) is 0 Å². The standard InChI is InChI=1S/C8H15NO/c1-9-8(5-6-8)4-2-3-7-10/h7,9H,2-6H2,1H3. The van der Waals surface area contributed by atoms with Gasteiger partial charge in [0.25, 0.3) is 0 Å². The Hall–Kier alpha value is -0.370. The summed E-state index contributed by atoms with van der Waals surface area (Å²) in [6.07, 6.45) is 6.53. The molecule has 0 heterocycles. The van der Waals surface area contributed by atoms with Gasteiger partial charge in [0.15, 0.2) is 0 Å². The van der Waals surface area contributed by atoms with E-state index in [-0.39, 0.29) is 0 Å². The number of hydrogen-bond acceptors (Lipinski definition) is 2. The minimum atomic E-state index is 0.434. The summed E-state index contributed by atoms with van der Waals surface area (Å²) in [5.74, 6) is 0. The average molecular weight is 141 g/mol. The number of unbranched alkanes of at least 4 members (excludes halogenated alkanes) is 1. The second kappa shape index (κ2) is 3.15. The fourth-order valence-electron chi connectivity index (χ4n) is 1.30. The summed E-state index contributed by atoms with van der Waals surface area (Å²) in [6.45, 7) is 0. The van der Waals surface area contributed by atoms with E-state index in [0.717, 1.165) is 19.1 Å². The van der Waals surface area contributed by atoms with Gasteiger partial charge < -0.3 is 10.1 Å². The lowest BCUT2D eigenvalue weighted by Gasteiger charge is -2.11. The largest absolute Gasteiger partial charge is 0.314 e. The smallest absolute Gasteiger partial charge is 0.119 e. The molecule has 0 aliphatic heterocycles. The highest BCUT2D eigenvalue weighted by molar-refractivity contribution is 5.49. The molecule has 0 aromatic heterocycles. The van der Waals surface area contributed by atoms with Crippen LogP contribution in [0.4, 0.5) is 0 Å². The molecule has 0 atom stereocenters. The number of aldehydes is 1. The van der Waals surface area contributed by atoms with Gasteiger partial charge in [-0.3, -0.25) is 0 Å². The molecule has 58 valence electrons. The first-order valence-electron chi connectivity index (χ1n) is 3.95. The predicted octanol–water partition coefficient (Wildman–Crippen LogP) is 1.11. The third kappa shape index (κ3) is 1.81. The van der Waals surface area contributed by atoms with Gasteiger partial charge >= 0.3 is 0 Å². The summed E-state index contributed by atoms with van der Waals surface area (Å²) in [5.41, 5.74) is 0.434. The molecular weight excluding hydrogens is 126 g/mol. The van der Waals surface area contributed by atoms with Crippen LogP contribution in [-0.2, 0) is 4.79 Å². The number of carbonyl (C=O) groups is 1. The molecule has 1 saturated carbocycles. The van der Waals surface area contributed by atoms with E-state index >= 15 is 0 Å². The van der Waals surface area contributed by atoms with E-state index in [1.165, 1.54) is 19.3 Å². The van der Waals surface area contributed by atoms with Gasteiger partial charge in [0, 0.05) is 12.0 Å². The first-order valence-corrected chi connectivity index (χ1v) is 3.95. The van der Waals surface area contributed by atoms with Crippen LogP contribution in [0, 0.1) is 0 Å². The lowest BCUT2D eigenvalue weighted by molar-refractivity contribution is -0.107. The van der Waals surface area contributed by atoms with Crippen LogP contribution in [0.2, 0.25) is 0 Å². The van der Waals surface area contributed by atoms with Crippen molar-refractivity contribution in [2.45, 2.75) is 37.6 Å². The summed E-state index contributed by atoms with van der Waals surface area (Å²) in [4.78, 5) is 9.98. The molecule has 1 aliphatic carbocycles. The Labute approximate surface area is 62.0 Å². The second-order valence-electron chi connectivity index (χ2n) is 3.09. The lowest BCUT2D eigenvalue weighted by Crippen LogP contribution is -2.26. The SMILES string of the molecule is CNC1(CCCC=O)CC1. The molecule has 0 aromatic carbocycles. The van der Waals surface area contributed by atoms with Crippen molar-refractivity contribution >= 4 is 6.29 Å². The van der Waals surface area contributed by atoms with Gasteiger partial charge in [-0.2, -0.15) is 0 Å². The zero-order chi connectivity index (χ0) is 7.45. The van der Waals surface area contributed by atoms with Crippen LogP contribution >= 0.6 is 0 Å². The third-order valence-corrected chi connectivity index (χ3v) is 2.36. The van der Waals surface area contributed by atoms with Crippen molar-refractivity contribution in [3.05, 3.63) is 0 Å². The predicted molar refractivity (Wildman–Crippen MR) is 40.9 cm³/mol. The van der Waals surface area contributed by atoms with E-state index in [1.807, 2.05) is 7.05 Å². The van der Waals surface area contributed by atoms with E-state index in [0.29, 0.717) is 5.54 Å². The van der Waals surface area contributed by atoms with E-state index in [9.17, 15) is 4.79 Å². The Morgan fingerprint density at radius 3 is 2.70 bits per heavy atom. The Morgan fingerprint density at radius 2 is 2.30 bits per heavy atom. The normalized spacial score (nSPS) is 20.5. The van der Waals surface area contributed by atoms with Crippen molar-refractivity contribution < 1.29 is 4.79 Å². The highest BCUT2D eigenvalue weighted by atomic mass is 16.1. The molecule has 0 saturated heterocycles. The minimum absolute atomic E-state index is 0.434. The maximum absolute atomic E-state index is 9.98. The molecule has 1 aliphatic rings. The molecule has 0 unspecified atom stereocenters. The maximum atomic E-state index is 9.98. The zero-order valence-electron chi connectivity index (χ0n) is 6.52. The van der Waals surface area contributed by atoms with Gasteiger partial charge in [0.05, 0.1) is 0 Å². The minimum Gasteiger partial charge on any atom is -0.314 e. The summed E-state index contributed by atoms with van der Waals surface area (Å²) in [7, 11) is 2.01. The van der Waals surface area contributed by atoms with E-state index < -0.39 is 0 Å². The summed E-state index contributed by atoms with van der Waals surface area (Å²) >= 11 is 0. The molecule has 2 heteroatoms.